The monoisotopic (exact) mass is 379 g/mol. The minimum Gasteiger partial charge on any atom is -0.484 e. The van der Waals surface area contributed by atoms with Gasteiger partial charge in [0.2, 0.25) is 0 Å². The first kappa shape index (κ1) is 17.6. The third kappa shape index (κ3) is 3.38. The summed E-state index contributed by atoms with van der Waals surface area (Å²) < 4.78 is 11.8. The summed E-state index contributed by atoms with van der Waals surface area (Å²) in [6, 6.07) is 13.5. The number of ether oxygens (including phenoxy) is 2. The number of rotatable bonds is 5. The summed E-state index contributed by atoms with van der Waals surface area (Å²) in [7, 11) is 0. The number of hydrogen-bond acceptors (Lipinski definition) is 6. The number of nitrogens with zero attached hydrogens (tertiary/aromatic N) is 3. The summed E-state index contributed by atoms with van der Waals surface area (Å²) in [5.74, 6) is 1.27. The fourth-order valence-corrected chi connectivity index (χ4v) is 4.71. The lowest BCUT2D eigenvalue weighted by Gasteiger charge is -2.40. The molecule has 2 bridgehead atoms. The lowest BCUT2D eigenvalue weighted by Crippen LogP contribution is -2.53. The highest BCUT2D eigenvalue weighted by Crippen LogP contribution is 2.35. The molecule has 0 aliphatic carbocycles. The third-order valence-corrected chi connectivity index (χ3v) is 6.14. The molecule has 1 aromatic heterocycles. The summed E-state index contributed by atoms with van der Waals surface area (Å²) in [5.41, 5.74) is 2.43. The van der Waals surface area contributed by atoms with Crippen molar-refractivity contribution in [3.05, 3.63) is 53.7 Å². The molecule has 0 saturated carbocycles. The van der Waals surface area contributed by atoms with Gasteiger partial charge in [-0.15, -0.1) is 0 Å². The Bertz CT molecular complexity index is 827. The highest BCUT2D eigenvalue weighted by Gasteiger charge is 2.39. The van der Waals surface area contributed by atoms with Crippen LogP contribution in [0.15, 0.2) is 42.6 Å². The largest absolute Gasteiger partial charge is 0.484 e. The average molecular weight is 379 g/mol. The van der Waals surface area contributed by atoms with E-state index in [1.54, 1.807) is 6.20 Å². The number of carbonyl (C=O) groups excluding carboxylic acids is 1. The van der Waals surface area contributed by atoms with Gasteiger partial charge in [0.05, 0.1) is 6.54 Å². The minimum absolute atomic E-state index is 0.125. The van der Waals surface area contributed by atoms with Gasteiger partial charge in [0.25, 0.3) is 5.88 Å². The van der Waals surface area contributed by atoms with E-state index in [0.29, 0.717) is 36.9 Å². The van der Waals surface area contributed by atoms with Crippen molar-refractivity contribution in [2.45, 2.75) is 37.6 Å². The van der Waals surface area contributed by atoms with Gasteiger partial charge in [-0.05, 0) is 36.1 Å². The molecule has 3 atom stereocenters. The molecule has 4 heterocycles. The van der Waals surface area contributed by atoms with Gasteiger partial charge < -0.3 is 14.3 Å². The van der Waals surface area contributed by atoms with E-state index in [1.807, 2.05) is 12.1 Å². The Labute approximate surface area is 165 Å². The summed E-state index contributed by atoms with van der Waals surface area (Å²) in [5, 5.41) is 0. The Kier molecular flexibility index (Phi) is 4.74. The van der Waals surface area contributed by atoms with E-state index in [0.717, 1.165) is 31.5 Å². The van der Waals surface area contributed by atoms with Crippen LogP contribution in [-0.4, -0.2) is 59.4 Å². The molecule has 5 rings (SSSR count). The van der Waals surface area contributed by atoms with E-state index in [1.165, 1.54) is 18.4 Å². The van der Waals surface area contributed by atoms with Crippen LogP contribution in [0, 0.1) is 0 Å². The second-order valence-corrected chi connectivity index (χ2v) is 7.91. The molecule has 0 N–H and O–H groups in total. The molecule has 28 heavy (non-hydrogen) atoms. The molecular formula is C22H25N3O3. The van der Waals surface area contributed by atoms with E-state index in [2.05, 4.69) is 39.0 Å². The van der Waals surface area contributed by atoms with Crippen LogP contribution in [0.2, 0.25) is 0 Å². The first-order valence-corrected chi connectivity index (χ1v) is 10.0. The molecule has 2 unspecified atom stereocenters. The highest BCUT2D eigenvalue weighted by molar-refractivity contribution is 5.52. The van der Waals surface area contributed by atoms with Gasteiger partial charge in [0, 0.05) is 37.9 Å². The number of aromatic nitrogens is 1. The van der Waals surface area contributed by atoms with E-state index < -0.39 is 0 Å². The number of benzene rings is 1. The minimum atomic E-state index is -0.125. The first-order valence-electron chi connectivity index (χ1n) is 10.0. The summed E-state index contributed by atoms with van der Waals surface area (Å²) in [4.78, 5) is 20.0. The molecule has 3 aliphatic rings. The molecule has 2 fully saturated rings. The van der Waals surface area contributed by atoms with Gasteiger partial charge in [-0.1, -0.05) is 24.3 Å². The van der Waals surface area contributed by atoms with Crippen molar-refractivity contribution < 1.29 is 14.3 Å². The Morgan fingerprint density at radius 3 is 2.64 bits per heavy atom. The average Bonchev–Trinajstić information content (AvgIpc) is 2.96. The van der Waals surface area contributed by atoms with Gasteiger partial charge >= 0.3 is 0 Å². The summed E-state index contributed by atoms with van der Waals surface area (Å²) in [6.45, 7) is 4.05. The van der Waals surface area contributed by atoms with Crippen LogP contribution >= 0.6 is 0 Å². The maximum absolute atomic E-state index is 10.8. The molecule has 1 aromatic carbocycles. The van der Waals surface area contributed by atoms with E-state index in [4.69, 9.17) is 9.47 Å². The van der Waals surface area contributed by atoms with E-state index in [-0.39, 0.29) is 6.10 Å². The van der Waals surface area contributed by atoms with Gasteiger partial charge in [0.15, 0.2) is 11.9 Å². The van der Waals surface area contributed by atoms with Crippen LogP contribution < -0.4 is 9.47 Å². The van der Waals surface area contributed by atoms with Crippen molar-refractivity contribution in [2.24, 2.45) is 0 Å². The zero-order chi connectivity index (χ0) is 18.9. The topological polar surface area (TPSA) is 54.9 Å². The fourth-order valence-electron chi connectivity index (χ4n) is 4.71. The molecule has 3 aliphatic heterocycles. The number of piperazine rings is 1. The Balaban J connectivity index is 1.24. The lowest BCUT2D eigenvalue weighted by molar-refractivity contribution is -0.109. The predicted octanol–water partition coefficient (Wildman–Crippen LogP) is 2.44. The second kappa shape index (κ2) is 7.53. The molecule has 0 radical (unpaired) electrons. The molecule has 2 aromatic rings. The van der Waals surface area contributed by atoms with Gasteiger partial charge in [-0.2, -0.15) is 0 Å². The van der Waals surface area contributed by atoms with Crippen molar-refractivity contribution in [3.8, 4) is 11.6 Å². The van der Waals surface area contributed by atoms with Crippen LogP contribution in [0.3, 0.4) is 0 Å². The Morgan fingerprint density at radius 2 is 1.89 bits per heavy atom. The molecule has 2 saturated heterocycles. The van der Waals surface area contributed by atoms with E-state index >= 15 is 0 Å². The second-order valence-electron chi connectivity index (χ2n) is 7.91. The van der Waals surface area contributed by atoms with Gasteiger partial charge in [-0.25, -0.2) is 4.98 Å². The number of aldehydes is 1. The smallest absolute Gasteiger partial charge is 0.257 e. The van der Waals surface area contributed by atoms with Crippen LogP contribution in [0.4, 0.5) is 0 Å². The van der Waals surface area contributed by atoms with Crippen LogP contribution in [0.1, 0.15) is 30.1 Å². The van der Waals surface area contributed by atoms with Crippen LogP contribution in [0.5, 0.6) is 11.6 Å². The number of pyridine rings is 1. The molecule has 0 amide bonds. The quantitative estimate of drug-likeness (QED) is 0.744. The van der Waals surface area contributed by atoms with Crippen LogP contribution in [0.25, 0.3) is 0 Å². The van der Waals surface area contributed by atoms with Crippen molar-refractivity contribution in [1.82, 2.24) is 14.8 Å². The standard InChI is InChI=1S/C22H25N3O3/c26-11-10-24-13-18-7-8-19(14-24)25(18)12-16-3-5-17(6-4-16)21-15-27-20-2-1-9-23-22(20)28-21/h1-6,9,11,18-19,21H,7-8,10,12-15H2/t18?,19?,21-/m1/s1. The lowest BCUT2D eigenvalue weighted by atomic mass is 10.1. The molecule has 146 valence electrons. The fraction of sp³-hybridized carbons (Fsp3) is 0.455. The third-order valence-electron chi connectivity index (χ3n) is 6.14. The zero-order valence-electron chi connectivity index (χ0n) is 15.9. The Hall–Kier alpha value is -2.44. The number of hydrogen-bond donors (Lipinski definition) is 0. The summed E-state index contributed by atoms with van der Waals surface area (Å²) >= 11 is 0. The molecule has 6 heteroatoms. The molecule has 0 spiro atoms. The van der Waals surface area contributed by atoms with Crippen molar-refractivity contribution in [3.63, 3.8) is 0 Å². The van der Waals surface area contributed by atoms with Gasteiger partial charge in [0.1, 0.15) is 12.9 Å². The number of carbonyl (C=O) groups is 1. The number of likely N-dealkylation sites (tertiary alicyclic amines) is 1. The SMILES string of the molecule is O=CCN1CC2CCC(C1)N2Cc1ccc([C@H]2COc3cccnc3O2)cc1. The summed E-state index contributed by atoms with van der Waals surface area (Å²) in [6.07, 6.45) is 5.09. The predicted molar refractivity (Wildman–Crippen MR) is 104 cm³/mol. The first-order chi connectivity index (χ1) is 13.8. The van der Waals surface area contributed by atoms with Crippen molar-refractivity contribution in [1.29, 1.82) is 0 Å². The zero-order valence-corrected chi connectivity index (χ0v) is 15.9. The normalized spacial score (nSPS) is 26.9. The van der Waals surface area contributed by atoms with E-state index in [9.17, 15) is 4.79 Å². The maximum Gasteiger partial charge on any atom is 0.257 e. The highest BCUT2D eigenvalue weighted by atomic mass is 16.6. The van der Waals surface area contributed by atoms with Crippen molar-refractivity contribution in [2.75, 3.05) is 26.2 Å². The maximum atomic E-state index is 10.8. The molecular weight excluding hydrogens is 354 g/mol. The van der Waals surface area contributed by atoms with Crippen molar-refractivity contribution >= 4 is 6.29 Å². The van der Waals surface area contributed by atoms with Gasteiger partial charge in [-0.3, -0.25) is 9.80 Å². The van der Waals surface area contributed by atoms with Crippen LogP contribution in [-0.2, 0) is 11.3 Å². The molecule has 6 nitrogen and oxygen atoms in total. The number of fused-ring (bicyclic) bond motifs is 3. The Morgan fingerprint density at radius 1 is 1.11 bits per heavy atom.